The highest BCUT2D eigenvalue weighted by Crippen LogP contribution is 2.34. The predicted octanol–water partition coefficient (Wildman–Crippen LogP) is 2.32. The second-order valence-corrected chi connectivity index (χ2v) is 6.28. The lowest BCUT2D eigenvalue weighted by molar-refractivity contribution is -0.179. The summed E-state index contributed by atoms with van der Waals surface area (Å²) in [6.07, 6.45) is -4.06. The van der Waals surface area contributed by atoms with E-state index >= 15 is 0 Å². The zero-order valence-corrected chi connectivity index (χ0v) is 13.0. The number of carbonyl (C=O) groups excluding carboxylic acids is 1. The van der Waals surface area contributed by atoms with Crippen LogP contribution in [-0.2, 0) is 30.7 Å². The standard InChI is InChI=1S/C14H15F3N4OS/c15-14(16,17)10-1-3-21-11(6-10)19-20-12(21)7-18-13(22)5-9-2-4-23-8-9/h2,4,8,10H,1,3,5-7H2,(H,18,22)/t10-/m1/s1. The maximum absolute atomic E-state index is 12.8. The number of hydrogen-bond acceptors (Lipinski definition) is 4. The van der Waals surface area contributed by atoms with Gasteiger partial charge in [-0.15, -0.1) is 10.2 Å². The fourth-order valence-corrected chi connectivity index (χ4v) is 3.29. The SMILES string of the molecule is O=C(Cc1ccsc1)NCc1nnc2n1CC[C@@H](C(F)(F)F)C2. The van der Waals surface area contributed by atoms with Gasteiger partial charge in [-0.05, 0) is 28.8 Å². The minimum Gasteiger partial charge on any atom is -0.349 e. The maximum atomic E-state index is 12.8. The van der Waals surface area contributed by atoms with Crippen molar-refractivity contribution in [2.75, 3.05) is 0 Å². The van der Waals surface area contributed by atoms with Crippen LogP contribution >= 0.6 is 11.3 Å². The topological polar surface area (TPSA) is 59.8 Å². The molecule has 3 rings (SSSR count). The van der Waals surface area contributed by atoms with E-state index in [0.29, 0.717) is 11.6 Å². The van der Waals surface area contributed by atoms with Crippen LogP contribution in [0.5, 0.6) is 0 Å². The highest BCUT2D eigenvalue weighted by molar-refractivity contribution is 7.07. The van der Waals surface area contributed by atoms with Crippen LogP contribution < -0.4 is 5.32 Å². The lowest BCUT2D eigenvalue weighted by Gasteiger charge is -2.25. The van der Waals surface area contributed by atoms with Crippen LogP contribution in [0.15, 0.2) is 16.8 Å². The average molecular weight is 344 g/mol. The van der Waals surface area contributed by atoms with Gasteiger partial charge < -0.3 is 9.88 Å². The lowest BCUT2D eigenvalue weighted by atomic mass is 9.97. The van der Waals surface area contributed by atoms with E-state index in [0.717, 1.165) is 5.56 Å². The van der Waals surface area contributed by atoms with Crippen LogP contribution in [0, 0.1) is 5.92 Å². The number of alkyl halides is 3. The number of thiophene rings is 1. The Kier molecular flexibility index (Phi) is 4.38. The molecule has 1 amide bonds. The van der Waals surface area contributed by atoms with Gasteiger partial charge in [0.15, 0.2) is 5.82 Å². The largest absolute Gasteiger partial charge is 0.392 e. The van der Waals surface area contributed by atoms with Crippen LogP contribution in [0.1, 0.15) is 23.6 Å². The van der Waals surface area contributed by atoms with Crippen LogP contribution in [-0.4, -0.2) is 26.8 Å². The molecule has 0 spiro atoms. The van der Waals surface area contributed by atoms with Crippen LogP contribution in [0.25, 0.3) is 0 Å². The zero-order valence-electron chi connectivity index (χ0n) is 12.1. The smallest absolute Gasteiger partial charge is 0.349 e. The monoisotopic (exact) mass is 344 g/mol. The Balaban J connectivity index is 1.58. The molecule has 5 nitrogen and oxygen atoms in total. The molecule has 0 fully saturated rings. The molecule has 0 saturated heterocycles. The molecular formula is C14H15F3N4OS. The number of amides is 1. The van der Waals surface area contributed by atoms with Crippen molar-refractivity contribution in [1.82, 2.24) is 20.1 Å². The van der Waals surface area contributed by atoms with Crippen molar-refractivity contribution in [2.45, 2.75) is 38.5 Å². The molecule has 1 N–H and O–H groups in total. The summed E-state index contributed by atoms with van der Waals surface area (Å²) in [7, 11) is 0. The molecule has 1 aliphatic rings. The molecule has 0 saturated carbocycles. The van der Waals surface area contributed by atoms with Crippen LogP contribution in [0.3, 0.4) is 0 Å². The number of halogens is 3. The number of hydrogen-bond donors (Lipinski definition) is 1. The Labute approximate surface area is 134 Å². The molecule has 0 unspecified atom stereocenters. The fraction of sp³-hybridized carbons (Fsp3) is 0.500. The minimum atomic E-state index is -4.20. The van der Waals surface area contributed by atoms with Gasteiger partial charge >= 0.3 is 6.18 Å². The number of aromatic nitrogens is 3. The summed E-state index contributed by atoms with van der Waals surface area (Å²) in [5, 5.41) is 14.3. The summed E-state index contributed by atoms with van der Waals surface area (Å²) in [5.41, 5.74) is 0.934. The molecule has 1 atom stereocenters. The molecule has 1 aliphatic heterocycles. The quantitative estimate of drug-likeness (QED) is 0.926. The molecule has 0 aliphatic carbocycles. The first kappa shape index (κ1) is 16.0. The molecular weight excluding hydrogens is 329 g/mol. The van der Waals surface area contributed by atoms with E-state index in [-0.39, 0.29) is 38.3 Å². The Morgan fingerprint density at radius 2 is 2.26 bits per heavy atom. The van der Waals surface area contributed by atoms with Gasteiger partial charge in [0.25, 0.3) is 0 Å². The molecule has 0 radical (unpaired) electrons. The summed E-state index contributed by atoms with van der Waals surface area (Å²) < 4.78 is 40.0. The first-order chi connectivity index (χ1) is 10.9. The Hall–Kier alpha value is -1.90. The van der Waals surface area contributed by atoms with E-state index in [1.54, 1.807) is 4.57 Å². The Bertz CT molecular complexity index is 681. The first-order valence-corrected chi connectivity index (χ1v) is 8.13. The van der Waals surface area contributed by atoms with Crippen LogP contribution in [0.2, 0.25) is 0 Å². The van der Waals surface area contributed by atoms with Gasteiger partial charge in [0.1, 0.15) is 5.82 Å². The summed E-state index contributed by atoms with van der Waals surface area (Å²) in [5.74, 6) is -0.676. The van der Waals surface area contributed by atoms with Gasteiger partial charge in [-0.3, -0.25) is 4.79 Å². The highest BCUT2D eigenvalue weighted by Gasteiger charge is 2.42. The Morgan fingerprint density at radius 1 is 1.43 bits per heavy atom. The summed E-state index contributed by atoms with van der Waals surface area (Å²) in [6.45, 7) is 0.398. The van der Waals surface area contributed by atoms with Gasteiger partial charge in [0.05, 0.1) is 18.9 Å². The molecule has 2 aromatic rings. The summed E-state index contributed by atoms with van der Waals surface area (Å²) in [6, 6.07) is 1.88. The number of nitrogens with one attached hydrogen (secondary N) is 1. The lowest BCUT2D eigenvalue weighted by Crippen LogP contribution is -2.32. The number of rotatable bonds is 4. The second kappa shape index (κ2) is 6.31. The zero-order chi connectivity index (χ0) is 16.4. The molecule has 2 aromatic heterocycles. The maximum Gasteiger partial charge on any atom is 0.392 e. The summed E-state index contributed by atoms with van der Waals surface area (Å²) >= 11 is 1.52. The van der Waals surface area contributed by atoms with Gasteiger partial charge in [-0.25, -0.2) is 0 Å². The third-order valence-corrected chi connectivity index (χ3v) is 4.62. The van der Waals surface area contributed by atoms with E-state index in [2.05, 4.69) is 15.5 Å². The highest BCUT2D eigenvalue weighted by atomic mass is 32.1. The van der Waals surface area contributed by atoms with E-state index in [1.165, 1.54) is 11.3 Å². The third-order valence-electron chi connectivity index (χ3n) is 3.89. The van der Waals surface area contributed by atoms with Gasteiger partial charge in [-0.2, -0.15) is 24.5 Å². The minimum absolute atomic E-state index is 0.0182. The fourth-order valence-electron chi connectivity index (χ4n) is 2.62. The predicted molar refractivity (Wildman–Crippen MR) is 77.8 cm³/mol. The van der Waals surface area contributed by atoms with E-state index in [1.807, 2.05) is 16.8 Å². The number of carbonyl (C=O) groups is 1. The van der Waals surface area contributed by atoms with Gasteiger partial charge in [0, 0.05) is 13.0 Å². The van der Waals surface area contributed by atoms with Gasteiger partial charge in [0.2, 0.25) is 5.91 Å². The molecule has 124 valence electrons. The van der Waals surface area contributed by atoms with E-state index in [4.69, 9.17) is 0 Å². The van der Waals surface area contributed by atoms with Crippen molar-refractivity contribution in [3.8, 4) is 0 Å². The van der Waals surface area contributed by atoms with Crippen LogP contribution in [0.4, 0.5) is 13.2 Å². The molecule has 23 heavy (non-hydrogen) atoms. The molecule has 9 heteroatoms. The van der Waals surface area contributed by atoms with Crippen molar-refractivity contribution in [2.24, 2.45) is 5.92 Å². The second-order valence-electron chi connectivity index (χ2n) is 5.50. The summed E-state index contributed by atoms with van der Waals surface area (Å²) in [4.78, 5) is 11.8. The van der Waals surface area contributed by atoms with Gasteiger partial charge in [-0.1, -0.05) is 0 Å². The average Bonchev–Trinajstić information content (AvgIpc) is 3.13. The third kappa shape index (κ3) is 3.72. The molecule has 3 heterocycles. The van der Waals surface area contributed by atoms with Crippen molar-refractivity contribution in [3.05, 3.63) is 34.0 Å². The van der Waals surface area contributed by atoms with E-state index in [9.17, 15) is 18.0 Å². The number of fused-ring (bicyclic) bond motifs is 1. The van der Waals surface area contributed by atoms with Crippen molar-refractivity contribution >= 4 is 17.2 Å². The van der Waals surface area contributed by atoms with Crippen molar-refractivity contribution in [3.63, 3.8) is 0 Å². The first-order valence-electron chi connectivity index (χ1n) is 7.19. The molecule has 0 bridgehead atoms. The van der Waals surface area contributed by atoms with E-state index < -0.39 is 12.1 Å². The Morgan fingerprint density at radius 3 is 2.96 bits per heavy atom. The van der Waals surface area contributed by atoms with Crippen molar-refractivity contribution in [1.29, 1.82) is 0 Å². The normalized spacial score (nSPS) is 17.8. The van der Waals surface area contributed by atoms with Crippen molar-refractivity contribution < 1.29 is 18.0 Å². The molecule has 0 aromatic carbocycles. The number of nitrogens with zero attached hydrogens (tertiary/aromatic N) is 3.